The van der Waals surface area contributed by atoms with E-state index in [0.29, 0.717) is 22.1 Å². The Morgan fingerprint density at radius 3 is 2.82 bits per heavy atom. The molecule has 6 heteroatoms. The number of hydrogen-bond acceptors (Lipinski definition) is 4. The lowest BCUT2D eigenvalue weighted by Gasteiger charge is -2.10. The van der Waals surface area contributed by atoms with Crippen molar-refractivity contribution in [1.82, 2.24) is 25.4 Å². The van der Waals surface area contributed by atoms with E-state index in [1.807, 2.05) is 6.07 Å². The summed E-state index contributed by atoms with van der Waals surface area (Å²) >= 11 is 5.21. The monoisotopic (exact) mass is 247 g/mol. The van der Waals surface area contributed by atoms with Gasteiger partial charge in [-0.25, -0.2) is 4.98 Å². The number of rotatable bonds is 2. The lowest BCUT2D eigenvalue weighted by atomic mass is 10.0. The summed E-state index contributed by atoms with van der Waals surface area (Å²) in [5, 5.41) is 10.4. The number of nitrogens with zero attached hydrogens (tertiary/aromatic N) is 3. The molecule has 0 bridgehead atoms. The summed E-state index contributed by atoms with van der Waals surface area (Å²) in [6.45, 7) is 0. The summed E-state index contributed by atoms with van der Waals surface area (Å²) in [7, 11) is 0. The molecule has 1 aliphatic rings. The molecule has 0 radical (unpaired) electrons. The maximum atomic E-state index is 5.21. The summed E-state index contributed by atoms with van der Waals surface area (Å²) in [5.74, 6) is 1.29. The Bertz CT molecular complexity index is 553. The molecule has 0 amide bonds. The minimum Gasteiger partial charge on any atom is -0.341 e. The van der Waals surface area contributed by atoms with Gasteiger partial charge in [0.2, 0.25) is 0 Å². The molecule has 1 fully saturated rings. The first-order valence-corrected chi connectivity index (χ1v) is 6.21. The van der Waals surface area contributed by atoms with Gasteiger partial charge < -0.3 is 4.98 Å². The third-order valence-electron chi connectivity index (χ3n) is 3.22. The molecule has 3 rings (SSSR count). The molecule has 17 heavy (non-hydrogen) atoms. The molecule has 1 aliphatic carbocycles. The van der Waals surface area contributed by atoms with Gasteiger partial charge in [0.15, 0.2) is 5.82 Å². The van der Waals surface area contributed by atoms with Crippen molar-refractivity contribution >= 4 is 12.2 Å². The van der Waals surface area contributed by atoms with Crippen LogP contribution in [0.4, 0.5) is 0 Å². The highest BCUT2D eigenvalue weighted by Gasteiger charge is 2.18. The zero-order valence-corrected chi connectivity index (χ0v) is 10.1. The smallest absolute Gasteiger partial charge is 0.161 e. The number of aromatic amines is 2. The van der Waals surface area contributed by atoms with Gasteiger partial charge in [0, 0.05) is 5.69 Å². The highest BCUT2D eigenvalue weighted by atomic mass is 32.1. The van der Waals surface area contributed by atoms with Crippen LogP contribution in [0.1, 0.15) is 37.3 Å². The summed E-state index contributed by atoms with van der Waals surface area (Å²) in [4.78, 5) is 7.61. The Hall–Kier alpha value is -1.56. The molecule has 0 spiro atoms. The van der Waals surface area contributed by atoms with E-state index < -0.39 is 0 Å². The summed E-state index contributed by atoms with van der Waals surface area (Å²) in [6, 6.07) is 1.97. The third kappa shape index (κ3) is 2.12. The molecule has 0 atom stereocenters. The number of H-pyrrole nitrogens is 2. The average Bonchev–Trinajstić information content (AvgIpc) is 3.02. The molecule has 2 heterocycles. The minimum atomic E-state index is 0.588. The predicted molar refractivity (Wildman–Crippen MR) is 66.0 cm³/mol. The van der Waals surface area contributed by atoms with Crippen LogP contribution in [0.15, 0.2) is 12.3 Å². The Balaban J connectivity index is 2.03. The predicted octanol–water partition coefficient (Wildman–Crippen LogP) is 2.58. The second kappa shape index (κ2) is 4.37. The lowest BCUT2D eigenvalue weighted by molar-refractivity contribution is 0.694. The van der Waals surface area contributed by atoms with Gasteiger partial charge in [-0.2, -0.15) is 15.4 Å². The van der Waals surface area contributed by atoms with Crippen LogP contribution in [-0.4, -0.2) is 25.4 Å². The van der Waals surface area contributed by atoms with Crippen molar-refractivity contribution in [2.45, 2.75) is 31.6 Å². The van der Waals surface area contributed by atoms with Crippen LogP contribution < -0.4 is 0 Å². The van der Waals surface area contributed by atoms with E-state index in [4.69, 9.17) is 12.2 Å². The van der Waals surface area contributed by atoms with Crippen molar-refractivity contribution < 1.29 is 0 Å². The van der Waals surface area contributed by atoms with Crippen LogP contribution in [0.5, 0.6) is 0 Å². The van der Waals surface area contributed by atoms with Crippen LogP contribution in [0.3, 0.4) is 0 Å². The zero-order chi connectivity index (χ0) is 11.7. The van der Waals surface area contributed by atoms with E-state index in [0.717, 1.165) is 0 Å². The highest BCUT2D eigenvalue weighted by Crippen LogP contribution is 2.33. The highest BCUT2D eigenvalue weighted by molar-refractivity contribution is 7.71. The van der Waals surface area contributed by atoms with Crippen LogP contribution in [0, 0.1) is 4.64 Å². The van der Waals surface area contributed by atoms with Gasteiger partial charge in [-0.3, -0.25) is 0 Å². The fraction of sp³-hybridized carbons (Fsp3) is 0.455. The number of nitrogens with one attached hydrogen (secondary N) is 2. The molecule has 0 aromatic carbocycles. The van der Waals surface area contributed by atoms with Crippen molar-refractivity contribution in [3.8, 4) is 11.5 Å². The Morgan fingerprint density at radius 2 is 2.12 bits per heavy atom. The number of hydrogen-bond donors (Lipinski definition) is 2. The standard InChI is InChI=1S/C11H13N5S/c17-10-5-8(7-3-1-2-4-7)13-11(14-10)9-6-12-16-15-9/h5-7H,1-4H2,(H,12,15,16)(H,13,14,17). The molecule has 0 saturated heterocycles. The van der Waals surface area contributed by atoms with Crippen molar-refractivity contribution in [3.63, 3.8) is 0 Å². The van der Waals surface area contributed by atoms with E-state index in [9.17, 15) is 0 Å². The van der Waals surface area contributed by atoms with E-state index in [1.54, 1.807) is 6.20 Å². The molecule has 2 aromatic rings. The minimum absolute atomic E-state index is 0.588. The normalized spacial score (nSPS) is 16.5. The second-order valence-electron chi connectivity index (χ2n) is 4.36. The molecular formula is C11H13N5S. The van der Waals surface area contributed by atoms with E-state index in [-0.39, 0.29) is 0 Å². The lowest BCUT2D eigenvalue weighted by Crippen LogP contribution is -2.00. The maximum absolute atomic E-state index is 5.21. The van der Waals surface area contributed by atoms with Crippen molar-refractivity contribution in [2.24, 2.45) is 0 Å². The second-order valence-corrected chi connectivity index (χ2v) is 4.78. The molecule has 2 N–H and O–H groups in total. The van der Waals surface area contributed by atoms with Crippen LogP contribution in [0.2, 0.25) is 0 Å². The average molecular weight is 247 g/mol. The SMILES string of the molecule is S=c1cc(C2CCCC2)[nH]c(-c2cn[nH]n2)n1. The van der Waals surface area contributed by atoms with Crippen LogP contribution >= 0.6 is 12.2 Å². The van der Waals surface area contributed by atoms with E-state index >= 15 is 0 Å². The molecule has 5 nitrogen and oxygen atoms in total. The zero-order valence-electron chi connectivity index (χ0n) is 9.31. The Kier molecular flexibility index (Phi) is 2.72. The Morgan fingerprint density at radius 1 is 1.29 bits per heavy atom. The molecule has 1 saturated carbocycles. The van der Waals surface area contributed by atoms with Gasteiger partial charge in [0.05, 0.1) is 6.20 Å². The first-order valence-electron chi connectivity index (χ1n) is 5.80. The van der Waals surface area contributed by atoms with Gasteiger partial charge in [0.25, 0.3) is 0 Å². The van der Waals surface area contributed by atoms with Crippen molar-refractivity contribution in [2.75, 3.05) is 0 Å². The van der Waals surface area contributed by atoms with Gasteiger partial charge >= 0.3 is 0 Å². The third-order valence-corrected chi connectivity index (χ3v) is 3.43. The van der Waals surface area contributed by atoms with E-state index in [1.165, 1.54) is 31.4 Å². The first kappa shape index (κ1) is 10.6. The van der Waals surface area contributed by atoms with Crippen molar-refractivity contribution in [1.29, 1.82) is 0 Å². The Labute approximate surface area is 104 Å². The summed E-state index contributed by atoms with van der Waals surface area (Å²) < 4.78 is 0.614. The van der Waals surface area contributed by atoms with Gasteiger partial charge in [-0.05, 0) is 24.8 Å². The number of aromatic nitrogens is 5. The van der Waals surface area contributed by atoms with Gasteiger partial charge in [-0.15, -0.1) is 0 Å². The topological polar surface area (TPSA) is 70.2 Å². The van der Waals surface area contributed by atoms with Crippen molar-refractivity contribution in [3.05, 3.63) is 22.6 Å². The van der Waals surface area contributed by atoms with Crippen LogP contribution in [0.25, 0.3) is 11.5 Å². The molecule has 0 aliphatic heterocycles. The molecule has 0 unspecified atom stereocenters. The van der Waals surface area contributed by atoms with E-state index in [2.05, 4.69) is 25.4 Å². The largest absolute Gasteiger partial charge is 0.341 e. The van der Waals surface area contributed by atoms with Crippen LogP contribution in [-0.2, 0) is 0 Å². The maximum Gasteiger partial charge on any atom is 0.161 e. The molecule has 2 aromatic heterocycles. The fourth-order valence-electron chi connectivity index (χ4n) is 2.37. The molecular weight excluding hydrogens is 234 g/mol. The van der Waals surface area contributed by atoms with Gasteiger partial charge in [0.1, 0.15) is 10.3 Å². The van der Waals surface area contributed by atoms with Gasteiger partial charge in [-0.1, -0.05) is 25.1 Å². The summed E-state index contributed by atoms with van der Waals surface area (Å²) in [5.41, 5.74) is 1.89. The first-order chi connectivity index (χ1) is 8.33. The quantitative estimate of drug-likeness (QED) is 0.800. The molecule has 88 valence electrons. The fourth-order valence-corrected chi connectivity index (χ4v) is 2.59. The summed E-state index contributed by atoms with van der Waals surface area (Å²) in [6.07, 6.45) is 6.70.